The first-order valence-electron chi connectivity index (χ1n) is 8.86. The molecule has 1 aliphatic rings. The van der Waals surface area contributed by atoms with Crippen molar-refractivity contribution < 1.29 is 17.4 Å². The molecule has 2 rings (SSSR count). The van der Waals surface area contributed by atoms with Crippen LogP contribution < -0.4 is 5.73 Å². The van der Waals surface area contributed by atoms with Gasteiger partial charge in [0.2, 0.25) is 0 Å². The van der Waals surface area contributed by atoms with Crippen LogP contribution in [0.4, 0.5) is 0 Å². The van der Waals surface area contributed by atoms with E-state index in [9.17, 15) is 13.2 Å². The molecule has 0 amide bonds. The molecule has 0 aromatic heterocycles. The van der Waals surface area contributed by atoms with Gasteiger partial charge in [-0.25, -0.2) is 0 Å². The molecule has 0 bridgehead atoms. The standard InChI is InChI=1S/C19H28BrNO4S/c1-12-5-7-19(21,8-6-12)18(25-26(4,23)24)15(11-22)17-14(3)9-13(2)10-16(17)20/h9-12,15,18H,5-8,21H2,1-4H3. The quantitative estimate of drug-likeness (QED) is 0.533. The van der Waals surface area contributed by atoms with Crippen molar-refractivity contribution in [1.29, 1.82) is 0 Å². The molecule has 7 heteroatoms. The van der Waals surface area contributed by atoms with Crippen molar-refractivity contribution in [2.75, 3.05) is 6.26 Å². The number of hydrogen-bond donors (Lipinski definition) is 1. The largest absolute Gasteiger partial charge is 0.323 e. The van der Waals surface area contributed by atoms with Gasteiger partial charge in [0.15, 0.2) is 0 Å². The summed E-state index contributed by atoms with van der Waals surface area (Å²) >= 11 is 3.53. The Hall–Kier alpha value is -0.760. The first kappa shape index (κ1) is 21.5. The second-order valence-electron chi connectivity index (χ2n) is 7.78. The second kappa shape index (κ2) is 8.09. The minimum atomic E-state index is -3.78. The molecule has 2 atom stereocenters. The Morgan fingerprint density at radius 2 is 1.88 bits per heavy atom. The normalized spacial score (nSPS) is 26.3. The maximum absolute atomic E-state index is 12.1. The molecule has 1 fully saturated rings. The number of benzene rings is 1. The Labute approximate surface area is 164 Å². The summed E-state index contributed by atoms with van der Waals surface area (Å²) in [5.74, 6) is -0.230. The van der Waals surface area contributed by atoms with E-state index in [4.69, 9.17) is 9.92 Å². The smallest absolute Gasteiger partial charge is 0.264 e. The fourth-order valence-corrected chi connectivity index (χ4v) is 5.55. The molecule has 1 aliphatic carbocycles. The number of aldehydes is 1. The molecule has 0 saturated heterocycles. The first-order chi connectivity index (χ1) is 12.0. The van der Waals surface area contributed by atoms with E-state index in [0.29, 0.717) is 18.8 Å². The van der Waals surface area contributed by atoms with Crippen LogP contribution in [0.2, 0.25) is 0 Å². The topological polar surface area (TPSA) is 86.5 Å². The van der Waals surface area contributed by atoms with Crippen molar-refractivity contribution in [2.45, 2.75) is 64.0 Å². The maximum Gasteiger partial charge on any atom is 0.264 e. The summed E-state index contributed by atoms with van der Waals surface area (Å²) in [6, 6.07) is 3.89. The number of aryl methyl sites for hydroxylation is 2. The molecule has 1 saturated carbocycles. The summed E-state index contributed by atoms with van der Waals surface area (Å²) in [5, 5.41) is 0. The van der Waals surface area contributed by atoms with E-state index >= 15 is 0 Å². The number of halogens is 1. The summed E-state index contributed by atoms with van der Waals surface area (Å²) in [4.78, 5) is 12.1. The number of rotatable bonds is 6. The molecule has 0 radical (unpaired) electrons. The highest BCUT2D eigenvalue weighted by Crippen LogP contribution is 2.41. The summed E-state index contributed by atoms with van der Waals surface area (Å²) in [6.45, 7) is 6.03. The van der Waals surface area contributed by atoms with Gasteiger partial charge in [-0.05, 0) is 68.2 Å². The van der Waals surface area contributed by atoms with Gasteiger partial charge in [0.05, 0.1) is 12.2 Å². The van der Waals surface area contributed by atoms with Crippen molar-refractivity contribution in [3.05, 3.63) is 33.3 Å². The Balaban J connectivity index is 2.54. The lowest BCUT2D eigenvalue weighted by molar-refractivity contribution is -0.112. The Morgan fingerprint density at radius 1 is 1.31 bits per heavy atom. The van der Waals surface area contributed by atoms with E-state index in [1.807, 2.05) is 26.0 Å². The van der Waals surface area contributed by atoms with Crippen LogP contribution in [0, 0.1) is 19.8 Å². The zero-order valence-corrected chi connectivity index (χ0v) is 18.2. The van der Waals surface area contributed by atoms with E-state index in [2.05, 4.69) is 22.9 Å². The average Bonchev–Trinajstić information content (AvgIpc) is 2.51. The molecule has 5 nitrogen and oxygen atoms in total. The molecular formula is C19H28BrNO4S. The Bertz CT molecular complexity index is 747. The first-order valence-corrected chi connectivity index (χ1v) is 11.5. The van der Waals surface area contributed by atoms with E-state index in [1.165, 1.54) is 0 Å². The van der Waals surface area contributed by atoms with Crippen LogP contribution in [-0.2, 0) is 19.1 Å². The van der Waals surface area contributed by atoms with Gasteiger partial charge < -0.3 is 10.5 Å². The van der Waals surface area contributed by atoms with Crippen LogP contribution in [-0.4, -0.2) is 32.6 Å². The zero-order valence-electron chi connectivity index (χ0n) is 15.8. The van der Waals surface area contributed by atoms with Crippen LogP contribution >= 0.6 is 15.9 Å². The van der Waals surface area contributed by atoms with Gasteiger partial charge in [0, 0.05) is 10.0 Å². The summed E-state index contributed by atoms with van der Waals surface area (Å²) in [5.41, 5.74) is 8.49. The molecule has 2 unspecified atom stereocenters. The van der Waals surface area contributed by atoms with Crippen LogP contribution in [0.15, 0.2) is 16.6 Å². The average molecular weight is 446 g/mol. The summed E-state index contributed by atoms with van der Waals surface area (Å²) in [7, 11) is -3.78. The van der Waals surface area contributed by atoms with Gasteiger partial charge in [-0.15, -0.1) is 0 Å². The van der Waals surface area contributed by atoms with Gasteiger partial charge in [-0.1, -0.05) is 28.9 Å². The van der Waals surface area contributed by atoms with Crippen LogP contribution in [0.1, 0.15) is 55.2 Å². The summed E-state index contributed by atoms with van der Waals surface area (Å²) in [6.07, 6.45) is 3.88. The second-order valence-corrected chi connectivity index (χ2v) is 10.2. The maximum atomic E-state index is 12.1. The minimum absolute atomic E-state index is 0.535. The molecule has 146 valence electrons. The van der Waals surface area contributed by atoms with Crippen LogP contribution in [0.5, 0.6) is 0 Å². The van der Waals surface area contributed by atoms with Crippen LogP contribution in [0.25, 0.3) is 0 Å². The molecule has 2 N–H and O–H groups in total. The minimum Gasteiger partial charge on any atom is -0.323 e. The van der Waals surface area contributed by atoms with E-state index in [0.717, 1.165) is 46.5 Å². The molecule has 1 aromatic carbocycles. The zero-order chi connectivity index (χ0) is 19.7. The lowest BCUT2D eigenvalue weighted by Crippen LogP contribution is -2.57. The van der Waals surface area contributed by atoms with E-state index < -0.39 is 27.7 Å². The fraction of sp³-hybridized carbons (Fsp3) is 0.632. The molecule has 26 heavy (non-hydrogen) atoms. The van der Waals surface area contributed by atoms with Crippen molar-refractivity contribution in [2.24, 2.45) is 11.7 Å². The van der Waals surface area contributed by atoms with Gasteiger partial charge >= 0.3 is 0 Å². The molecular weight excluding hydrogens is 418 g/mol. The van der Waals surface area contributed by atoms with Crippen molar-refractivity contribution in [1.82, 2.24) is 0 Å². The van der Waals surface area contributed by atoms with E-state index in [1.54, 1.807) is 0 Å². The highest BCUT2D eigenvalue weighted by atomic mass is 79.9. The number of carbonyl (C=O) groups is 1. The summed E-state index contributed by atoms with van der Waals surface area (Å²) < 4.78 is 30.1. The van der Waals surface area contributed by atoms with E-state index in [-0.39, 0.29) is 0 Å². The van der Waals surface area contributed by atoms with Crippen LogP contribution in [0.3, 0.4) is 0 Å². The van der Waals surface area contributed by atoms with Gasteiger partial charge in [-0.2, -0.15) is 8.42 Å². The van der Waals surface area contributed by atoms with Crippen molar-refractivity contribution in [3.63, 3.8) is 0 Å². The molecule has 0 heterocycles. The van der Waals surface area contributed by atoms with Gasteiger partial charge in [-0.3, -0.25) is 4.18 Å². The van der Waals surface area contributed by atoms with Gasteiger partial charge in [0.25, 0.3) is 10.1 Å². The van der Waals surface area contributed by atoms with Crippen molar-refractivity contribution in [3.8, 4) is 0 Å². The predicted octanol–water partition coefficient (Wildman–Crippen LogP) is 3.60. The number of nitrogens with two attached hydrogens (primary N) is 1. The SMILES string of the molecule is Cc1cc(C)c(C(C=O)C(OS(C)(=O)=O)C2(N)CCC(C)CC2)c(Br)c1. The fourth-order valence-electron chi connectivity index (χ4n) is 3.93. The number of hydrogen-bond acceptors (Lipinski definition) is 5. The molecule has 0 spiro atoms. The lowest BCUT2D eigenvalue weighted by Gasteiger charge is -2.43. The number of carbonyl (C=O) groups excluding carboxylic acids is 1. The monoisotopic (exact) mass is 445 g/mol. The van der Waals surface area contributed by atoms with Gasteiger partial charge in [0.1, 0.15) is 12.4 Å². The third-order valence-electron chi connectivity index (χ3n) is 5.34. The molecule has 1 aromatic rings. The highest BCUT2D eigenvalue weighted by Gasteiger charge is 2.46. The third kappa shape index (κ3) is 4.94. The Morgan fingerprint density at radius 3 is 2.35 bits per heavy atom. The van der Waals surface area contributed by atoms with Crippen molar-refractivity contribution >= 4 is 32.3 Å². The lowest BCUT2D eigenvalue weighted by atomic mass is 9.70. The Kier molecular flexibility index (Phi) is 6.70. The molecule has 0 aliphatic heterocycles. The predicted molar refractivity (Wildman–Crippen MR) is 107 cm³/mol. The third-order valence-corrected chi connectivity index (χ3v) is 6.55. The highest BCUT2D eigenvalue weighted by molar-refractivity contribution is 9.10.